The van der Waals surface area contributed by atoms with E-state index in [4.69, 9.17) is 5.84 Å². The maximum atomic E-state index is 11.7. The second-order valence-corrected chi connectivity index (χ2v) is 3.83. The third kappa shape index (κ3) is 2.70. The number of nitrogens with two attached hydrogens (primary N) is 1. The minimum Gasteiger partial charge on any atom is -0.310 e. The number of nitrogen functional groups attached to an aromatic ring is 1. The van der Waals surface area contributed by atoms with Crippen LogP contribution < -0.4 is 16.8 Å². The molecule has 0 saturated heterocycles. The average molecular weight is 230 g/mol. The minimum absolute atomic E-state index is 0.0297. The molecule has 0 aliphatic carbocycles. The molecule has 17 heavy (non-hydrogen) atoms. The molecule has 88 valence electrons. The van der Waals surface area contributed by atoms with Crippen LogP contribution >= 0.6 is 0 Å². The predicted octanol–water partition coefficient (Wildman–Crippen LogP) is 0.886. The molecule has 0 unspecified atom stereocenters. The second-order valence-electron chi connectivity index (χ2n) is 3.83. The van der Waals surface area contributed by atoms with Gasteiger partial charge in [0, 0.05) is 12.3 Å². The van der Waals surface area contributed by atoms with E-state index in [1.165, 1.54) is 0 Å². The molecule has 5 nitrogen and oxygen atoms in total. The molecule has 2 rings (SSSR count). The highest BCUT2D eigenvalue weighted by molar-refractivity contribution is 5.33. The third-order valence-corrected chi connectivity index (χ3v) is 2.44. The third-order valence-electron chi connectivity index (χ3n) is 2.44. The number of aromatic nitrogens is 2. The molecule has 0 aliphatic rings. The molecule has 0 fully saturated rings. The first-order valence-corrected chi connectivity index (χ1v) is 5.28. The summed E-state index contributed by atoms with van der Waals surface area (Å²) in [5.74, 6) is 5.87. The molecule has 0 radical (unpaired) electrons. The molecule has 0 aromatic carbocycles. The normalized spacial score (nSPS) is 10.2. The minimum atomic E-state index is -0.0297. The number of anilines is 1. The summed E-state index contributed by atoms with van der Waals surface area (Å²) in [6.45, 7) is 2.33. The fourth-order valence-corrected chi connectivity index (χ4v) is 1.56. The van der Waals surface area contributed by atoms with Gasteiger partial charge in [0.1, 0.15) is 5.82 Å². The van der Waals surface area contributed by atoms with Gasteiger partial charge < -0.3 is 9.99 Å². The summed E-state index contributed by atoms with van der Waals surface area (Å²) in [5, 5.41) is 0. The number of hydrogen-bond donors (Lipinski definition) is 2. The van der Waals surface area contributed by atoms with Gasteiger partial charge >= 0.3 is 0 Å². The van der Waals surface area contributed by atoms with Crippen molar-refractivity contribution in [2.24, 2.45) is 5.84 Å². The predicted molar refractivity (Wildman–Crippen MR) is 66.6 cm³/mol. The molecule has 5 heteroatoms. The van der Waals surface area contributed by atoms with E-state index in [-0.39, 0.29) is 5.56 Å². The van der Waals surface area contributed by atoms with E-state index in [2.05, 4.69) is 10.4 Å². The molecule has 0 bridgehead atoms. The van der Waals surface area contributed by atoms with E-state index in [0.29, 0.717) is 12.4 Å². The smallest absolute Gasteiger partial charge is 0.251 e. The van der Waals surface area contributed by atoms with Gasteiger partial charge in [-0.3, -0.25) is 4.79 Å². The van der Waals surface area contributed by atoms with E-state index >= 15 is 0 Å². The van der Waals surface area contributed by atoms with Crippen molar-refractivity contribution in [1.82, 2.24) is 9.55 Å². The van der Waals surface area contributed by atoms with Crippen LogP contribution in [0.4, 0.5) is 5.82 Å². The molecule has 0 amide bonds. The highest BCUT2D eigenvalue weighted by Crippen LogP contribution is 2.04. The summed E-state index contributed by atoms with van der Waals surface area (Å²) < 4.78 is 1.61. The highest BCUT2D eigenvalue weighted by atomic mass is 16.1. The summed E-state index contributed by atoms with van der Waals surface area (Å²) >= 11 is 0. The maximum absolute atomic E-state index is 11.7. The van der Waals surface area contributed by atoms with Gasteiger partial charge in [0.05, 0.1) is 12.2 Å². The zero-order chi connectivity index (χ0) is 12.3. The fraction of sp³-hybridized carbons (Fsp3) is 0.167. The summed E-state index contributed by atoms with van der Waals surface area (Å²) in [6, 6.07) is 8.96. The van der Waals surface area contributed by atoms with Crippen LogP contribution in [0.1, 0.15) is 11.3 Å². The van der Waals surface area contributed by atoms with Crippen molar-refractivity contribution in [2.75, 3.05) is 5.43 Å². The van der Waals surface area contributed by atoms with Gasteiger partial charge in [-0.15, -0.1) is 0 Å². The van der Waals surface area contributed by atoms with Crippen molar-refractivity contribution in [3.8, 4) is 0 Å². The Morgan fingerprint density at radius 3 is 2.94 bits per heavy atom. The Balaban J connectivity index is 2.28. The lowest BCUT2D eigenvalue weighted by Crippen LogP contribution is -2.20. The first-order chi connectivity index (χ1) is 8.19. The van der Waals surface area contributed by atoms with Crippen LogP contribution in [-0.4, -0.2) is 9.55 Å². The number of rotatable bonds is 3. The van der Waals surface area contributed by atoms with Crippen LogP contribution in [0, 0.1) is 6.92 Å². The number of hydrogen-bond acceptors (Lipinski definition) is 4. The second kappa shape index (κ2) is 4.80. The van der Waals surface area contributed by atoms with Gasteiger partial charge in [-0.05, 0) is 30.7 Å². The van der Waals surface area contributed by atoms with Crippen LogP contribution in [0.15, 0.2) is 41.3 Å². The van der Waals surface area contributed by atoms with Gasteiger partial charge in [-0.2, -0.15) is 0 Å². The SMILES string of the molecule is Cc1ccn(Cc2cccc(NN)n2)c(=O)c1. The van der Waals surface area contributed by atoms with Gasteiger partial charge in [0.25, 0.3) is 5.56 Å². The first-order valence-electron chi connectivity index (χ1n) is 5.28. The van der Waals surface area contributed by atoms with Crippen molar-refractivity contribution in [3.05, 3.63) is 58.1 Å². The zero-order valence-electron chi connectivity index (χ0n) is 9.55. The number of nitrogens with zero attached hydrogens (tertiary/aromatic N) is 2. The molecule has 0 saturated carbocycles. The quantitative estimate of drug-likeness (QED) is 0.606. The van der Waals surface area contributed by atoms with Crippen LogP contribution in [0.5, 0.6) is 0 Å². The Morgan fingerprint density at radius 2 is 2.24 bits per heavy atom. The van der Waals surface area contributed by atoms with E-state index in [1.807, 2.05) is 25.1 Å². The Bertz CT molecular complexity index is 577. The Hall–Kier alpha value is -2.14. The fourth-order valence-electron chi connectivity index (χ4n) is 1.56. The van der Waals surface area contributed by atoms with Gasteiger partial charge in [-0.1, -0.05) is 6.07 Å². The molecular formula is C12H14N4O. The van der Waals surface area contributed by atoms with E-state index < -0.39 is 0 Å². The van der Waals surface area contributed by atoms with Crippen molar-refractivity contribution >= 4 is 5.82 Å². The Labute approximate surface area is 98.9 Å². The van der Waals surface area contributed by atoms with Crippen molar-refractivity contribution in [1.29, 1.82) is 0 Å². The first kappa shape index (κ1) is 11.3. The number of aryl methyl sites for hydroxylation is 1. The summed E-state index contributed by atoms with van der Waals surface area (Å²) in [6.07, 6.45) is 1.77. The van der Waals surface area contributed by atoms with Crippen molar-refractivity contribution in [3.63, 3.8) is 0 Å². The van der Waals surface area contributed by atoms with Crippen LogP contribution in [0.25, 0.3) is 0 Å². The van der Waals surface area contributed by atoms with Crippen molar-refractivity contribution < 1.29 is 0 Å². The van der Waals surface area contributed by atoms with E-state index in [0.717, 1.165) is 11.3 Å². The summed E-state index contributed by atoms with van der Waals surface area (Å²) in [5.41, 5.74) is 4.19. The van der Waals surface area contributed by atoms with E-state index in [1.54, 1.807) is 22.9 Å². The summed E-state index contributed by atoms with van der Waals surface area (Å²) in [4.78, 5) is 15.9. The number of nitrogens with one attached hydrogen (secondary N) is 1. The van der Waals surface area contributed by atoms with Gasteiger partial charge in [-0.25, -0.2) is 10.8 Å². The van der Waals surface area contributed by atoms with Crippen molar-refractivity contribution in [2.45, 2.75) is 13.5 Å². The molecule has 3 N–H and O–H groups in total. The molecule has 2 heterocycles. The lowest BCUT2D eigenvalue weighted by Gasteiger charge is -2.06. The Kier molecular flexibility index (Phi) is 3.20. The van der Waals surface area contributed by atoms with Crippen LogP contribution in [0.3, 0.4) is 0 Å². The Morgan fingerprint density at radius 1 is 1.41 bits per heavy atom. The largest absolute Gasteiger partial charge is 0.310 e. The molecule has 0 atom stereocenters. The highest BCUT2D eigenvalue weighted by Gasteiger charge is 2.00. The average Bonchev–Trinajstić information content (AvgIpc) is 2.33. The topological polar surface area (TPSA) is 72.9 Å². The summed E-state index contributed by atoms with van der Waals surface area (Å²) in [7, 11) is 0. The molecule has 2 aromatic heterocycles. The number of hydrazine groups is 1. The van der Waals surface area contributed by atoms with Gasteiger partial charge in [0.2, 0.25) is 0 Å². The van der Waals surface area contributed by atoms with E-state index in [9.17, 15) is 4.79 Å². The maximum Gasteiger partial charge on any atom is 0.251 e. The molecule has 0 aliphatic heterocycles. The molecule has 2 aromatic rings. The molecular weight excluding hydrogens is 216 g/mol. The van der Waals surface area contributed by atoms with Gasteiger partial charge in [0.15, 0.2) is 0 Å². The van der Waals surface area contributed by atoms with Crippen LogP contribution in [-0.2, 0) is 6.54 Å². The number of pyridine rings is 2. The lowest BCUT2D eigenvalue weighted by atomic mass is 10.3. The molecule has 0 spiro atoms. The zero-order valence-corrected chi connectivity index (χ0v) is 9.55. The monoisotopic (exact) mass is 230 g/mol. The standard InChI is InChI=1S/C12H14N4O/c1-9-5-6-16(12(17)7-9)8-10-3-2-4-11(14-10)15-13/h2-7H,8,13H2,1H3,(H,14,15). The lowest BCUT2D eigenvalue weighted by molar-refractivity contribution is 0.738. The van der Waals surface area contributed by atoms with Crippen LogP contribution in [0.2, 0.25) is 0 Å².